The second kappa shape index (κ2) is 15.6. The van der Waals surface area contributed by atoms with Crippen LogP contribution in [0.1, 0.15) is 85.0 Å². The fourth-order valence-corrected chi connectivity index (χ4v) is 5.16. The minimum atomic E-state index is -1.80. The molecule has 4 heteroatoms. The molecular weight excluding hydrogens is 328 g/mol. The summed E-state index contributed by atoms with van der Waals surface area (Å²) >= 11 is 0. The van der Waals surface area contributed by atoms with Gasteiger partial charge in [-0.25, -0.2) is 4.79 Å². The van der Waals surface area contributed by atoms with E-state index in [2.05, 4.69) is 39.1 Å². The molecule has 3 nitrogen and oxygen atoms in total. The van der Waals surface area contributed by atoms with Gasteiger partial charge in [0.15, 0.2) is 8.32 Å². The monoisotopic (exact) mass is 370 g/mol. The molecule has 0 rings (SSSR count). The molecule has 0 aromatic heterocycles. The van der Waals surface area contributed by atoms with Crippen molar-refractivity contribution in [2.24, 2.45) is 0 Å². The number of unbranched alkanes of at least 4 members (excludes halogenated alkanes) is 6. The largest absolute Gasteiger partial charge is 0.464 e. The third kappa shape index (κ3) is 14.3. The third-order valence-corrected chi connectivity index (χ3v) is 6.86. The molecule has 0 aliphatic heterocycles. The Labute approximate surface area is 157 Å². The van der Waals surface area contributed by atoms with E-state index < -0.39 is 14.4 Å². The average Bonchev–Trinajstić information content (AvgIpc) is 2.57. The van der Waals surface area contributed by atoms with Gasteiger partial charge in [0.2, 0.25) is 0 Å². The molecule has 0 saturated heterocycles. The fourth-order valence-electron chi connectivity index (χ4n) is 2.86. The summed E-state index contributed by atoms with van der Waals surface area (Å²) < 4.78 is 11.5. The minimum absolute atomic E-state index is 0.187. The van der Waals surface area contributed by atoms with Crippen molar-refractivity contribution in [1.82, 2.24) is 0 Å². The zero-order valence-electron chi connectivity index (χ0n) is 17.4. The molecule has 0 heterocycles. The molecule has 1 atom stereocenters. The molecule has 0 bridgehead atoms. The van der Waals surface area contributed by atoms with E-state index in [4.69, 9.17) is 9.16 Å². The molecule has 1 unspecified atom stereocenters. The summed E-state index contributed by atoms with van der Waals surface area (Å²) in [5.41, 5.74) is 0. The van der Waals surface area contributed by atoms with Crippen LogP contribution in [0.4, 0.5) is 0 Å². The normalized spacial score (nSPS) is 13.3. The van der Waals surface area contributed by atoms with E-state index in [1.54, 1.807) is 0 Å². The molecule has 148 valence electrons. The van der Waals surface area contributed by atoms with Gasteiger partial charge >= 0.3 is 5.97 Å². The summed E-state index contributed by atoms with van der Waals surface area (Å²) in [6.07, 6.45) is 15.8. The first-order valence-corrected chi connectivity index (χ1v) is 13.6. The molecule has 0 aromatic carbocycles. The lowest BCUT2D eigenvalue weighted by molar-refractivity contribution is -0.152. The van der Waals surface area contributed by atoms with Gasteiger partial charge in [-0.2, -0.15) is 0 Å². The Morgan fingerprint density at radius 3 is 2.20 bits per heavy atom. The van der Waals surface area contributed by atoms with Crippen LogP contribution in [-0.2, 0) is 14.0 Å². The molecule has 0 aliphatic rings. The Balaban J connectivity index is 4.25. The van der Waals surface area contributed by atoms with Crippen molar-refractivity contribution in [3.63, 3.8) is 0 Å². The lowest BCUT2D eigenvalue weighted by atomic mass is 10.1. The number of ether oxygens (including phenoxy) is 1. The van der Waals surface area contributed by atoms with E-state index in [1.807, 2.05) is 6.92 Å². The zero-order chi connectivity index (χ0) is 19.0. The number of hydrogen-bond acceptors (Lipinski definition) is 3. The molecule has 0 N–H and O–H groups in total. The summed E-state index contributed by atoms with van der Waals surface area (Å²) in [6, 6.07) is 1.10. The second-order valence-electron chi connectivity index (χ2n) is 7.47. The van der Waals surface area contributed by atoms with Crippen LogP contribution in [0.15, 0.2) is 12.2 Å². The topological polar surface area (TPSA) is 35.5 Å². The Kier molecular flexibility index (Phi) is 15.2. The Hall–Kier alpha value is -0.613. The number of hydrogen-bond donors (Lipinski definition) is 0. The first kappa shape index (κ1) is 24.4. The van der Waals surface area contributed by atoms with Crippen LogP contribution in [-0.4, -0.2) is 27.0 Å². The van der Waals surface area contributed by atoms with Gasteiger partial charge < -0.3 is 9.16 Å². The number of carbonyl (C=O) groups excluding carboxylic acids is 1. The molecular formula is C21H42O3Si. The molecule has 0 spiro atoms. The average molecular weight is 371 g/mol. The van der Waals surface area contributed by atoms with Gasteiger partial charge in [0.25, 0.3) is 0 Å². The van der Waals surface area contributed by atoms with E-state index in [9.17, 15) is 4.79 Å². The summed E-state index contributed by atoms with van der Waals surface area (Å²) in [5, 5.41) is 0. The highest BCUT2D eigenvalue weighted by atomic mass is 28.4. The van der Waals surface area contributed by atoms with Crippen LogP contribution in [0.25, 0.3) is 0 Å². The maximum Gasteiger partial charge on any atom is 0.334 e. The van der Waals surface area contributed by atoms with E-state index in [1.165, 1.54) is 44.9 Å². The zero-order valence-corrected chi connectivity index (χ0v) is 18.4. The van der Waals surface area contributed by atoms with Gasteiger partial charge in [0.1, 0.15) is 6.10 Å². The van der Waals surface area contributed by atoms with Crippen molar-refractivity contribution in [3.8, 4) is 0 Å². The highest BCUT2D eigenvalue weighted by molar-refractivity contribution is 6.71. The van der Waals surface area contributed by atoms with Gasteiger partial charge in [-0.15, -0.1) is 0 Å². The summed E-state index contributed by atoms with van der Waals surface area (Å²) in [4.78, 5) is 12.2. The second-order valence-corrected chi connectivity index (χ2v) is 11.7. The van der Waals surface area contributed by atoms with E-state index in [0.717, 1.165) is 25.3 Å². The van der Waals surface area contributed by atoms with Crippen molar-refractivity contribution in [2.45, 2.75) is 110 Å². The predicted molar refractivity (Wildman–Crippen MR) is 110 cm³/mol. The summed E-state index contributed by atoms with van der Waals surface area (Å²) in [5.74, 6) is -0.187. The van der Waals surface area contributed by atoms with Crippen LogP contribution < -0.4 is 0 Å². The van der Waals surface area contributed by atoms with Crippen LogP contribution >= 0.6 is 0 Å². The Morgan fingerprint density at radius 2 is 1.56 bits per heavy atom. The van der Waals surface area contributed by atoms with Gasteiger partial charge in [0, 0.05) is 0 Å². The highest BCUT2D eigenvalue weighted by Gasteiger charge is 2.30. The third-order valence-electron chi connectivity index (χ3n) is 4.38. The lowest BCUT2D eigenvalue weighted by Gasteiger charge is -2.28. The predicted octanol–water partition coefficient (Wildman–Crippen LogP) is 6.64. The van der Waals surface area contributed by atoms with E-state index in [0.29, 0.717) is 6.61 Å². The molecule has 0 aliphatic carbocycles. The molecule has 0 fully saturated rings. The summed E-state index contributed by atoms with van der Waals surface area (Å²) in [7, 11) is -1.80. The van der Waals surface area contributed by atoms with Crippen molar-refractivity contribution in [2.75, 3.05) is 6.61 Å². The molecule has 0 aromatic rings. The maximum atomic E-state index is 12.2. The van der Waals surface area contributed by atoms with Crippen molar-refractivity contribution in [1.29, 1.82) is 0 Å². The van der Waals surface area contributed by atoms with E-state index in [-0.39, 0.29) is 5.97 Å². The van der Waals surface area contributed by atoms with Crippen LogP contribution in [0.5, 0.6) is 0 Å². The first-order chi connectivity index (χ1) is 12.0. The fraction of sp³-hybridized carbons (Fsp3) is 0.857. The number of rotatable bonds is 16. The Morgan fingerprint density at radius 1 is 0.920 bits per heavy atom. The van der Waals surface area contributed by atoms with E-state index >= 15 is 0 Å². The quantitative estimate of drug-likeness (QED) is 0.132. The van der Waals surface area contributed by atoms with Gasteiger partial charge in [0.05, 0.1) is 6.61 Å². The Bertz CT molecular complexity index is 353. The number of carbonyl (C=O) groups is 1. The van der Waals surface area contributed by atoms with Crippen molar-refractivity contribution < 1.29 is 14.0 Å². The highest BCUT2D eigenvalue weighted by Crippen LogP contribution is 2.20. The minimum Gasteiger partial charge on any atom is -0.464 e. The SMILES string of the molecule is CCCCCCC/C=C/CCC(O[Si](C)(C)CCCC)C(=O)OCC. The molecule has 0 saturated carbocycles. The molecule has 0 radical (unpaired) electrons. The smallest absolute Gasteiger partial charge is 0.334 e. The van der Waals surface area contributed by atoms with Gasteiger partial charge in [-0.05, 0) is 51.7 Å². The molecule has 25 heavy (non-hydrogen) atoms. The van der Waals surface area contributed by atoms with Crippen molar-refractivity contribution >= 4 is 14.3 Å². The molecule has 0 amide bonds. The van der Waals surface area contributed by atoms with Gasteiger partial charge in [-0.1, -0.05) is 64.5 Å². The van der Waals surface area contributed by atoms with Gasteiger partial charge in [-0.3, -0.25) is 0 Å². The van der Waals surface area contributed by atoms with Crippen LogP contribution in [0, 0.1) is 0 Å². The van der Waals surface area contributed by atoms with Crippen molar-refractivity contribution in [3.05, 3.63) is 12.2 Å². The first-order valence-electron chi connectivity index (χ1n) is 10.5. The standard InChI is InChI=1S/C21H42O3Si/c1-6-9-11-12-13-14-15-16-17-18-20(21(22)23-8-3)24-25(4,5)19-10-7-2/h15-16,20H,6-14,17-19H2,1-5H3/b16-15+. The number of esters is 1. The lowest BCUT2D eigenvalue weighted by Crippen LogP contribution is -2.40. The number of allylic oxidation sites excluding steroid dienone is 2. The summed E-state index contributed by atoms with van der Waals surface area (Å²) in [6.45, 7) is 11.1. The van der Waals surface area contributed by atoms with Crippen LogP contribution in [0.2, 0.25) is 19.1 Å². The van der Waals surface area contributed by atoms with Crippen LogP contribution in [0.3, 0.4) is 0 Å². The maximum absolute atomic E-state index is 12.2.